The molecule has 0 bridgehead atoms. The second-order valence-corrected chi connectivity index (χ2v) is 8.13. The van der Waals surface area contributed by atoms with Gasteiger partial charge in [-0.15, -0.1) is 0 Å². The number of aliphatic hydroxyl groups is 1. The third-order valence-corrected chi connectivity index (χ3v) is 6.27. The number of ether oxygens (including phenoxy) is 1. The van der Waals surface area contributed by atoms with Crippen LogP contribution in [0.4, 0.5) is 5.13 Å². The Morgan fingerprint density at radius 3 is 2.59 bits per heavy atom. The molecule has 158 valence electrons. The molecule has 0 fully saturated rings. The highest BCUT2D eigenvalue weighted by Crippen LogP contribution is 2.44. The average molecular weight is 443 g/mol. The molecule has 1 unspecified atom stereocenters. The van der Waals surface area contributed by atoms with Gasteiger partial charge in [0.1, 0.15) is 11.4 Å². The third kappa shape index (κ3) is 3.21. The number of carbonyl (C=O) groups excluding carboxylic acids is 2. The van der Waals surface area contributed by atoms with E-state index < -0.39 is 23.5 Å². The molecular formula is C24H17N3O4S. The molecule has 1 amide bonds. The Morgan fingerprint density at radius 2 is 1.88 bits per heavy atom. The predicted octanol–water partition coefficient (Wildman–Crippen LogP) is 4.48. The summed E-state index contributed by atoms with van der Waals surface area (Å²) < 4.78 is 6.10. The number of fused-ring (bicyclic) bond motifs is 1. The van der Waals surface area contributed by atoms with E-state index in [1.807, 2.05) is 36.4 Å². The van der Waals surface area contributed by atoms with Crippen LogP contribution in [0.2, 0.25) is 0 Å². The van der Waals surface area contributed by atoms with Gasteiger partial charge in [0.25, 0.3) is 5.91 Å². The molecular weight excluding hydrogens is 426 g/mol. The molecule has 4 aromatic rings. The lowest BCUT2D eigenvalue weighted by molar-refractivity contribution is -0.117. The van der Waals surface area contributed by atoms with Gasteiger partial charge in [-0.3, -0.25) is 19.5 Å². The third-order valence-electron chi connectivity index (χ3n) is 5.26. The molecule has 2 aromatic carbocycles. The lowest BCUT2D eigenvalue weighted by atomic mass is 9.95. The van der Waals surface area contributed by atoms with Crippen LogP contribution < -0.4 is 9.64 Å². The van der Waals surface area contributed by atoms with Crippen molar-refractivity contribution >= 4 is 38.4 Å². The lowest BCUT2D eigenvalue weighted by Gasteiger charge is -2.24. The van der Waals surface area contributed by atoms with Crippen LogP contribution in [0.1, 0.15) is 22.1 Å². The van der Waals surface area contributed by atoms with E-state index in [4.69, 9.17) is 4.74 Å². The summed E-state index contributed by atoms with van der Waals surface area (Å²) in [5, 5.41) is 11.2. The summed E-state index contributed by atoms with van der Waals surface area (Å²) >= 11 is 1.29. The highest BCUT2D eigenvalue weighted by atomic mass is 32.1. The smallest absolute Gasteiger partial charge is 0.296 e. The zero-order chi connectivity index (χ0) is 22.2. The van der Waals surface area contributed by atoms with Crippen molar-refractivity contribution in [1.29, 1.82) is 0 Å². The van der Waals surface area contributed by atoms with Crippen LogP contribution in [0.5, 0.6) is 5.75 Å². The van der Waals surface area contributed by atoms with Crippen molar-refractivity contribution < 1.29 is 19.4 Å². The maximum atomic E-state index is 13.3. The van der Waals surface area contributed by atoms with Crippen LogP contribution in [0.3, 0.4) is 0 Å². The van der Waals surface area contributed by atoms with Crippen LogP contribution in [-0.2, 0) is 4.79 Å². The zero-order valence-corrected chi connectivity index (χ0v) is 17.7. The number of anilines is 1. The van der Waals surface area contributed by atoms with E-state index in [9.17, 15) is 14.7 Å². The quantitative estimate of drug-likeness (QED) is 0.457. The average Bonchev–Trinajstić information content (AvgIpc) is 3.37. The fraction of sp³-hybridized carbons (Fsp3) is 0.0833. The fourth-order valence-corrected chi connectivity index (χ4v) is 4.76. The van der Waals surface area contributed by atoms with E-state index in [0.717, 1.165) is 4.70 Å². The van der Waals surface area contributed by atoms with Gasteiger partial charge in [0.15, 0.2) is 10.9 Å². The Kier molecular flexibility index (Phi) is 4.91. The molecule has 3 heterocycles. The zero-order valence-electron chi connectivity index (χ0n) is 16.9. The van der Waals surface area contributed by atoms with E-state index >= 15 is 0 Å². The van der Waals surface area contributed by atoms with E-state index in [-0.39, 0.29) is 11.3 Å². The number of hydrogen-bond donors (Lipinski definition) is 1. The summed E-state index contributed by atoms with van der Waals surface area (Å²) in [4.78, 5) is 36.6. The molecule has 0 radical (unpaired) electrons. The number of methoxy groups -OCH3 is 1. The number of benzene rings is 2. The summed E-state index contributed by atoms with van der Waals surface area (Å²) in [5.74, 6) is -1.10. The van der Waals surface area contributed by atoms with Crippen molar-refractivity contribution in [3.8, 4) is 5.75 Å². The Hall–Kier alpha value is -4.04. The monoisotopic (exact) mass is 443 g/mol. The number of aliphatic hydroxyl groups excluding tert-OH is 1. The molecule has 2 aromatic heterocycles. The Balaban J connectivity index is 1.66. The van der Waals surface area contributed by atoms with Gasteiger partial charge < -0.3 is 9.84 Å². The minimum absolute atomic E-state index is 0.0169. The van der Waals surface area contributed by atoms with Crippen molar-refractivity contribution in [2.24, 2.45) is 0 Å². The number of aromatic nitrogens is 2. The van der Waals surface area contributed by atoms with Crippen molar-refractivity contribution in [3.05, 3.63) is 95.5 Å². The minimum Gasteiger partial charge on any atom is -0.503 e. The van der Waals surface area contributed by atoms with Crippen LogP contribution >= 0.6 is 11.3 Å². The highest BCUT2D eigenvalue weighted by Gasteiger charge is 2.46. The molecule has 0 saturated carbocycles. The highest BCUT2D eigenvalue weighted by molar-refractivity contribution is 7.22. The summed E-state index contributed by atoms with van der Waals surface area (Å²) in [6.45, 7) is 0. The number of carbonyl (C=O) groups is 2. The van der Waals surface area contributed by atoms with E-state index in [2.05, 4.69) is 9.97 Å². The normalized spacial score (nSPS) is 16.1. The van der Waals surface area contributed by atoms with Gasteiger partial charge in [-0.05, 0) is 35.9 Å². The number of thiazole rings is 1. The predicted molar refractivity (Wildman–Crippen MR) is 121 cm³/mol. The number of Topliss-reactive ketones (excluding diaryl/α,β-unsaturated/α-hetero) is 1. The van der Waals surface area contributed by atoms with E-state index in [1.165, 1.54) is 22.4 Å². The van der Waals surface area contributed by atoms with Crippen LogP contribution in [0, 0.1) is 0 Å². The van der Waals surface area contributed by atoms with Gasteiger partial charge in [0.05, 0.1) is 28.9 Å². The Morgan fingerprint density at radius 1 is 1.09 bits per heavy atom. The van der Waals surface area contributed by atoms with E-state index in [1.54, 1.807) is 37.4 Å². The Bertz CT molecular complexity index is 1370. The minimum atomic E-state index is -0.833. The van der Waals surface area contributed by atoms with Crippen LogP contribution in [0.15, 0.2) is 84.3 Å². The number of nitrogens with zero attached hydrogens (tertiary/aromatic N) is 3. The van der Waals surface area contributed by atoms with Crippen molar-refractivity contribution in [2.45, 2.75) is 6.04 Å². The maximum Gasteiger partial charge on any atom is 0.296 e. The SMILES string of the molecule is COc1ccc2nc(N3C(=O)C(O)=C(C(=O)c4ccccn4)C3c3ccccc3)sc2c1. The van der Waals surface area contributed by atoms with Gasteiger partial charge in [-0.25, -0.2) is 4.98 Å². The second kappa shape index (κ2) is 7.90. The van der Waals surface area contributed by atoms with Crippen LogP contribution in [-0.4, -0.2) is 33.9 Å². The number of amides is 1. The topological polar surface area (TPSA) is 92.6 Å². The number of hydrogen-bond acceptors (Lipinski definition) is 7. The Labute approximate surface area is 187 Å². The van der Waals surface area contributed by atoms with Crippen molar-refractivity contribution in [2.75, 3.05) is 12.0 Å². The summed E-state index contributed by atoms with van der Waals surface area (Å²) in [6.07, 6.45) is 1.50. The first-order valence-electron chi connectivity index (χ1n) is 9.80. The molecule has 32 heavy (non-hydrogen) atoms. The first-order valence-corrected chi connectivity index (χ1v) is 10.6. The second-order valence-electron chi connectivity index (χ2n) is 7.12. The van der Waals surface area contributed by atoms with Gasteiger partial charge >= 0.3 is 0 Å². The van der Waals surface area contributed by atoms with Gasteiger partial charge in [0.2, 0.25) is 5.78 Å². The molecule has 0 aliphatic carbocycles. The molecule has 0 saturated heterocycles. The number of ketones is 1. The van der Waals surface area contributed by atoms with Gasteiger partial charge in [0, 0.05) is 6.20 Å². The maximum absolute atomic E-state index is 13.3. The van der Waals surface area contributed by atoms with Gasteiger partial charge in [-0.1, -0.05) is 47.7 Å². The fourth-order valence-electron chi connectivity index (χ4n) is 3.74. The number of rotatable bonds is 5. The summed E-state index contributed by atoms with van der Waals surface area (Å²) in [6, 6.07) is 18.6. The summed E-state index contributed by atoms with van der Waals surface area (Å²) in [5.41, 5.74) is 1.51. The molecule has 5 rings (SSSR count). The molecule has 1 atom stereocenters. The molecule has 1 aliphatic rings. The standard InChI is InChI=1S/C24H17N3O4S/c1-31-15-10-11-16-18(13-15)32-24(26-16)27-20(14-7-3-2-4-8-14)19(22(29)23(27)30)21(28)17-9-5-6-12-25-17/h2-13,20,29H,1H3. The largest absolute Gasteiger partial charge is 0.503 e. The van der Waals surface area contributed by atoms with Crippen molar-refractivity contribution in [1.82, 2.24) is 9.97 Å². The van der Waals surface area contributed by atoms with Gasteiger partial charge in [-0.2, -0.15) is 0 Å². The molecule has 1 N–H and O–H groups in total. The first-order chi connectivity index (χ1) is 15.6. The lowest BCUT2D eigenvalue weighted by Crippen LogP contribution is -2.31. The van der Waals surface area contributed by atoms with Crippen LogP contribution in [0.25, 0.3) is 10.2 Å². The van der Waals surface area contributed by atoms with E-state index in [0.29, 0.717) is 22.0 Å². The molecule has 8 heteroatoms. The summed E-state index contributed by atoms with van der Waals surface area (Å²) in [7, 11) is 1.58. The van der Waals surface area contributed by atoms with Crippen molar-refractivity contribution in [3.63, 3.8) is 0 Å². The first kappa shape index (κ1) is 19.9. The molecule has 1 aliphatic heterocycles. The number of pyridine rings is 1. The molecule has 7 nitrogen and oxygen atoms in total. The molecule has 0 spiro atoms.